The highest BCUT2D eigenvalue weighted by atomic mass is 19.2. The van der Waals surface area contributed by atoms with Gasteiger partial charge in [0.15, 0.2) is 0 Å². The lowest BCUT2D eigenvalue weighted by atomic mass is 10.1. The van der Waals surface area contributed by atoms with Gasteiger partial charge < -0.3 is 4.90 Å². The van der Waals surface area contributed by atoms with Crippen molar-refractivity contribution >= 4 is 5.69 Å². The van der Waals surface area contributed by atoms with E-state index in [1.54, 1.807) is 6.92 Å². The molecule has 1 aliphatic heterocycles. The van der Waals surface area contributed by atoms with Crippen LogP contribution in [0.4, 0.5) is 23.2 Å². The topological polar surface area (TPSA) is 16.1 Å². The van der Waals surface area contributed by atoms with Gasteiger partial charge in [-0.1, -0.05) is 12.8 Å². The molecule has 0 spiro atoms. The van der Waals surface area contributed by atoms with E-state index in [9.17, 15) is 17.6 Å². The molecule has 1 aromatic heterocycles. The highest BCUT2D eigenvalue weighted by molar-refractivity contribution is 5.49. The number of anilines is 1. The fourth-order valence-electron chi connectivity index (χ4n) is 2.34. The molecule has 1 aromatic rings. The normalized spacial score (nSPS) is 20.9. The average molecular weight is 262 g/mol. The SMILES string of the molecule is CC1CCCCCN1c1c(F)c(F)nc(F)c1F. The first kappa shape index (κ1) is 13.1. The molecule has 0 bridgehead atoms. The number of pyridine rings is 1. The molecule has 0 aromatic carbocycles. The third-order valence-corrected chi connectivity index (χ3v) is 3.31. The molecule has 0 saturated carbocycles. The quantitative estimate of drug-likeness (QED) is 0.569. The molecule has 0 N–H and O–H groups in total. The maximum absolute atomic E-state index is 13.6. The lowest BCUT2D eigenvalue weighted by Crippen LogP contribution is -2.34. The summed E-state index contributed by atoms with van der Waals surface area (Å²) < 4.78 is 53.5. The van der Waals surface area contributed by atoms with Gasteiger partial charge in [-0.2, -0.15) is 22.5 Å². The van der Waals surface area contributed by atoms with Crippen LogP contribution in [0, 0.1) is 23.5 Å². The zero-order valence-corrected chi connectivity index (χ0v) is 10.0. The molecule has 6 heteroatoms. The molecule has 1 unspecified atom stereocenters. The van der Waals surface area contributed by atoms with Crippen molar-refractivity contribution in [1.82, 2.24) is 4.98 Å². The highest BCUT2D eigenvalue weighted by Gasteiger charge is 2.28. The van der Waals surface area contributed by atoms with Gasteiger partial charge in [-0.15, -0.1) is 0 Å². The molecular formula is C12H14F4N2. The van der Waals surface area contributed by atoms with Gasteiger partial charge in [-0.3, -0.25) is 0 Å². The van der Waals surface area contributed by atoms with E-state index >= 15 is 0 Å². The molecule has 0 amide bonds. The Labute approximate surface area is 103 Å². The number of halogens is 4. The van der Waals surface area contributed by atoms with Crippen LogP contribution < -0.4 is 4.90 Å². The zero-order valence-electron chi connectivity index (χ0n) is 10.0. The summed E-state index contributed by atoms with van der Waals surface area (Å²) in [5.41, 5.74) is -0.630. The van der Waals surface area contributed by atoms with Gasteiger partial charge in [-0.25, -0.2) is 0 Å². The summed E-state index contributed by atoms with van der Waals surface area (Å²) >= 11 is 0. The fraction of sp³-hybridized carbons (Fsp3) is 0.583. The van der Waals surface area contributed by atoms with Gasteiger partial charge in [-0.05, 0) is 19.8 Å². The van der Waals surface area contributed by atoms with E-state index in [1.807, 2.05) is 0 Å². The second-order valence-electron chi connectivity index (χ2n) is 4.56. The second-order valence-corrected chi connectivity index (χ2v) is 4.56. The van der Waals surface area contributed by atoms with E-state index in [4.69, 9.17) is 0 Å². The lowest BCUT2D eigenvalue weighted by Gasteiger charge is -2.29. The maximum atomic E-state index is 13.6. The van der Waals surface area contributed by atoms with Crippen LogP contribution in [-0.2, 0) is 0 Å². The van der Waals surface area contributed by atoms with E-state index in [2.05, 4.69) is 4.98 Å². The average Bonchev–Trinajstić information content (AvgIpc) is 2.53. The van der Waals surface area contributed by atoms with Crippen molar-refractivity contribution < 1.29 is 17.6 Å². The molecule has 18 heavy (non-hydrogen) atoms. The summed E-state index contributed by atoms with van der Waals surface area (Å²) in [4.78, 5) is 3.96. The fourth-order valence-corrected chi connectivity index (χ4v) is 2.34. The molecule has 2 rings (SSSR count). The number of hydrogen-bond donors (Lipinski definition) is 0. The van der Waals surface area contributed by atoms with Crippen LogP contribution in [-0.4, -0.2) is 17.6 Å². The van der Waals surface area contributed by atoms with E-state index < -0.39 is 29.2 Å². The Kier molecular flexibility index (Phi) is 3.73. The van der Waals surface area contributed by atoms with Crippen molar-refractivity contribution in [3.05, 3.63) is 23.5 Å². The van der Waals surface area contributed by atoms with Crippen LogP contribution in [0.1, 0.15) is 32.6 Å². The Morgan fingerprint density at radius 1 is 1.00 bits per heavy atom. The summed E-state index contributed by atoms with van der Waals surface area (Å²) in [5, 5.41) is 0. The minimum absolute atomic E-state index is 0.155. The predicted molar refractivity (Wildman–Crippen MR) is 59.3 cm³/mol. The molecular weight excluding hydrogens is 248 g/mol. The van der Waals surface area contributed by atoms with Crippen molar-refractivity contribution in [1.29, 1.82) is 0 Å². The molecule has 100 valence electrons. The molecule has 1 aliphatic rings. The van der Waals surface area contributed by atoms with Gasteiger partial charge in [0.25, 0.3) is 11.9 Å². The van der Waals surface area contributed by atoms with Gasteiger partial charge in [0.1, 0.15) is 5.69 Å². The molecule has 2 nitrogen and oxygen atoms in total. The Morgan fingerprint density at radius 2 is 1.61 bits per heavy atom. The van der Waals surface area contributed by atoms with Crippen LogP contribution in [0.3, 0.4) is 0 Å². The highest BCUT2D eigenvalue weighted by Crippen LogP contribution is 2.30. The Balaban J connectivity index is 2.48. The summed E-state index contributed by atoms with van der Waals surface area (Å²) in [6.07, 6.45) is 3.37. The van der Waals surface area contributed by atoms with Gasteiger partial charge in [0.2, 0.25) is 11.6 Å². The first-order valence-corrected chi connectivity index (χ1v) is 5.99. The third-order valence-electron chi connectivity index (χ3n) is 3.31. The summed E-state index contributed by atoms with van der Waals surface area (Å²) in [6.45, 7) is 2.18. The minimum atomic E-state index is -1.60. The number of hydrogen-bond acceptors (Lipinski definition) is 2. The largest absolute Gasteiger partial charge is 0.364 e. The van der Waals surface area contributed by atoms with E-state index in [-0.39, 0.29) is 6.04 Å². The first-order chi connectivity index (χ1) is 8.52. The minimum Gasteiger partial charge on any atom is -0.364 e. The molecule has 1 fully saturated rings. The van der Waals surface area contributed by atoms with Crippen LogP contribution in [0.25, 0.3) is 0 Å². The standard InChI is InChI=1S/C12H14F4N2/c1-7-5-3-2-4-6-18(7)10-8(13)11(15)17-12(16)9(10)14/h7H,2-6H2,1H3. The van der Waals surface area contributed by atoms with Gasteiger partial charge in [0, 0.05) is 12.6 Å². The third kappa shape index (κ3) is 2.28. The van der Waals surface area contributed by atoms with Crippen LogP contribution in [0.15, 0.2) is 0 Å². The Morgan fingerprint density at radius 3 is 2.22 bits per heavy atom. The van der Waals surface area contributed by atoms with Crippen molar-refractivity contribution in [2.75, 3.05) is 11.4 Å². The summed E-state index contributed by atoms with van der Waals surface area (Å²) in [6, 6.07) is -0.155. The monoisotopic (exact) mass is 262 g/mol. The predicted octanol–water partition coefficient (Wildman–Crippen LogP) is 3.41. The maximum Gasteiger partial charge on any atom is 0.253 e. The Hall–Kier alpha value is -1.33. The Bertz CT molecular complexity index is 424. The lowest BCUT2D eigenvalue weighted by molar-refractivity contribution is 0.402. The van der Waals surface area contributed by atoms with E-state index in [1.165, 1.54) is 4.90 Å². The van der Waals surface area contributed by atoms with Crippen molar-refractivity contribution in [3.63, 3.8) is 0 Å². The molecule has 0 radical (unpaired) electrons. The van der Waals surface area contributed by atoms with Crippen LogP contribution in [0.5, 0.6) is 0 Å². The van der Waals surface area contributed by atoms with Gasteiger partial charge >= 0.3 is 0 Å². The molecule has 1 atom stereocenters. The van der Waals surface area contributed by atoms with Crippen LogP contribution >= 0.6 is 0 Å². The smallest absolute Gasteiger partial charge is 0.253 e. The molecule has 0 aliphatic carbocycles. The second kappa shape index (κ2) is 5.12. The van der Waals surface area contributed by atoms with E-state index in [0.717, 1.165) is 25.7 Å². The van der Waals surface area contributed by atoms with Crippen molar-refractivity contribution in [3.8, 4) is 0 Å². The number of rotatable bonds is 1. The van der Waals surface area contributed by atoms with Crippen molar-refractivity contribution in [2.45, 2.75) is 38.6 Å². The molecule has 2 heterocycles. The number of aromatic nitrogens is 1. The first-order valence-electron chi connectivity index (χ1n) is 5.99. The molecule has 1 saturated heterocycles. The van der Waals surface area contributed by atoms with Crippen molar-refractivity contribution in [2.24, 2.45) is 0 Å². The van der Waals surface area contributed by atoms with Crippen LogP contribution in [0.2, 0.25) is 0 Å². The van der Waals surface area contributed by atoms with Gasteiger partial charge in [0.05, 0.1) is 0 Å². The number of nitrogens with zero attached hydrogens (tertiary/aromatic N) is 2. The summed E-state index contributed by atoms with van der Waals surface area (Å²) in [5.74, 6) is -6.02. The van der Waals surface area contributed by atoms with E-state index in [0.29, 0.717) is 6.54 Å². The zero-order chi connectivity index (χ0) is 13.3. The summed E-state index contributed by atoms with van der Waals surface area (Å²) in [7, 11) is 0.